The lowest BCUT2D eigenvalue weighted by molar-refractivity contribution is 0.344. The largest absolute Gasteiger partial charge is 0.508 e. The lowest BCUT2D eigenvalue weighted by Crippen LogP contribution is -2.23. The maximum Gasteiger partial charge on any atom is 0.508 e. The molecule has 0 saturated heterocycles. The fraction of sp³-hybridized carbons (Fsp3) is 0.200. The Balaban J connectivity index is 2.65. The van der Waals surface area contributed by atoms with Crippen molar-refractivity contribution < 1.29 is 17.7 Å². The molecule has 6 heteroatoms. The van der Waals surface area contributed by atoms with Crippen LogP contribution in [0.25, 0.3) is 0 Å². The number of hydrogen-bond acceptors (Lipinski definition) is 1. The summed E-state index contributed by atoms with van der Waals surface area (Å²) in [4.78, 5) is 0. The highest BCUT2D eigenvalue weighted by molar-refractivity contribution is 6.66. The summed E-state index contributed by atoms with van der Waals surface area (Å²) in [5.74, 6) is 0.380. The highest BCUT2D eigenvalue weighted by Gasteiger charge is 2.26. The second kappa shape index (κ2) is 4.83. The monoisotopic (exact) mass is 249 g/mol. The summed E-state index contributed by atoms with van der Waals surface area (Å²) in [5, 5.41) is 0.517. The normalized spacial score (nSPS) is 11.3. The number of benzene rings is 1. The molecule has 0 N–H and O–H groups in total. The van der Waals surface area contributed by atoms with Crippen LogP contribution in [0.15, 0.2) is 30.3 Å². The molecule has 0 aliphatic carbocycles. The van der Waals surface area contributed by atoms with E-state index in [2.05, 4.69) is 6.58 Å². The standard InChI is InChI=1S/C10H10BClF3O/c1-7-5-9(12)3-4-10(7)16-6-8(2)11(13,14)15/h3-5H,2,6H2,1H3/q-1. The van der Waals surface area contributed by atoms with E-state index in [1.165, 1.54) is 6.07 Å². The van der Waals surface area contributed by atoms with Gasteiger partial charge in [-0.1, -0.05) is 11.6 Å². The second-order valence-corrected chi connectivity index (χ2v) is 3.87. The minimum Gasteiger partial charge on any atom is -0.492 e. The van der Waals surface area contributed by atoms with Gasteiger partial charge in [-0.2, -0.15) is 0 Å². The molecule has 0 heterocycles. The van der Waals surface area contributed by atoms with Crippen molar-refractivity contribution >= 4 is 18.6 Å². The van der Waals surface area contributed by atoms with Crippen LogP contribution < -0.4 is 4.74 Å². The van der Waals surface area contributed by atoms with Gasteiger partial charge in [-0.15, -0.1) is 12.1 Å². The Morgan fingerprint density at radius 1 is 1.44 bits per heavy atom. The van der Waals surface area contributed by atoms with E-state index in [1.54, 1.807) is 19.1 Å². The molecule has 88 valence electrons. The summed E-state index contributed by atoms with van der Waals surface area (Å²) in [5.41, 5.74) is -0.163. The van der Waals surface area contributed by atoms with Gasteiger partial charge in [-0.05, 0) is 30.7 Å². The van der Waals surface area contributed by atoms with Gasteiger partial charge in [0.1, 0.15) is 5.75 Å². The third-order valence-electron chi connectivity index (χ3n) is 2.01. The van der Waals surface area contributed by atoms with Crippen LogP contribution in [0.2, 0.25) is 5.02 Å². The molecule has 0 radical (unpaired) electrons. The van der Waals surface area contributed by atoms with Crippen LogP contribution in [0.5, 0.6) is 5.75 Å². The van der Waals surface area contributed by atoms with E-state index in [1.807, 2.05) is 0 Å². The average Bonchev–Trinajstić information content (AvgIpc) is 2.14. The fourth-order valence-electron chi connectivity index (χ4n) is 1.04. The lowest BCUT2D eigenvalue weighted by Gasteiger charge is -2.18. The number of hydrogen-bond donors (Lipinski definition) is 0. The second-order valence-electron chi connectivity index (χ2n) is 3.43. The zero-order valence-electron chi connectivity index (χ0n) is 8.64. The van der Waals surface area contributed by atoms with E-state index in [0.29, 0.717) is 16.3 Å². The summed E-state index contributed by atoms with van der Waals surface area (Å²) in [6.07, 6.45) is 0. The molecule has 1 nitrogen and oxygen atoms in total. The van der Waals surface area contributed by atoms with Crippen molar-refractivity contribution in [1.82, 2.24) is 0 Å². The van der Waals surface area contributed by atoms with Crippen molar-refractivity contribution in [3.05, 3.63) is 40.8 Å². The van der Waals surface area contributed by atoms with Crippen molar-refractivity contribution in [3.63, 3.8) is 0 Å². The Bertz CT molecular complexity index is 404. The van der Waals surface area contributed by atoms with Gasteiger partial charge >= 0.3 is 6.98 Å². The van der Waals surface area contributed by atoms with Crippen molar-refractivity contribution in [3.8, 4) is 5.75 Å². The molecular weight excluding hydrogens is 239 g/mol. The first-order chi connectivity index (χ1) is 7.30. The van der Waals surface area contributed by atoms with Gasteiger partial charge in [-0.3, -0.25) is 0 Å². The molecule has 0 saturated carbocycles. The van der Waals surface area contributed by atoms with Gasteiger partial charge < -0.3 is 17.7 Å². The number of aryl methyl sites for hydroxylation is 1. The highest BCUT2D eigenvalue weighted by Crippen LogP contribution is 2.24. The lowest BCUT2D eigenvalue weighted by atomic mass is 9.81. The van der Waals surface area contributed by atoms with Gasteiger partial charge in [0.25, 0.3) is 0 Å². The van der Waals surface area contributed by atoms with Crippen molar-refractivity contribution in [2.75, 3.05) is 6.61 Å². The van der Waals surface area contributed by atoms with Gasteiger partial charge in [0, 0.05) is 5.02 Å². The van der Waals surface area contributed by atoms with Crippen LogP contribution >= 0.6 is 11.6 Å². The van der Waals surface area contributed by atoms with Crippen LogP contribution in [0.1, 0.15) is 5.56 Å². The van der Waals surface area contributed by atoms with Gasteiger partial charge in [0.05, 0.1) is 6.61 Å². The van der Waals surface area contributed by atoms with Crippen LogP contribution in [0.4, 0.5) is 12.9 Å². The SMILES string of the molecule is C=C(COc1ccc(Cl)cc1C)[B-](F)(F)F. The summed E-state index contributed by atoms with van der Waals surface area (Å²) in [7, 11) is 0. The predicted molar refractivity (Wildman–Crippen MR) is 59.9 cm³/mol. The van der Waals surface area contributed by atoms with Crippen molar-refractivity contribution in [2.45, 2.75) is 6.92 Å². The molecule has 1 rings (SSSR count). The maximum atomic E-state index is 12.2. The van der Waals surface area contributed by atoms with E-state index < -0.39 is 19.1 Å². The molecular formula is C10H10BClF3O-. The van der Waals surface area contributed by atoms with E-state index in [9.17, 15) is 12.9 Å². The van der Waals surface area contributed by atoms with Crippen molar-refractivity contribution in [1.29, 1.82) is 0 Å². The van der Waals surface area contributed by atoms with E-state index >= 15 is 0 Å². The molecule has 0 fully saturated rings. The summed E-state index contributed by atoms with van der Waals surface area (Å²) in [6.45, 7) is -0.932. The Morgan fingerprint density at radius 3 is 2.56 bits per heavy atom. The molecule has 1 aromatic carbocycles. The first-order valence-electron chi connectivity index (χ1n) is 4.57. The molecule has 0 amide bonds. The third kappa shape index (κ3) is 3.49. The molecule has 16 heavy (non-hydrogen) atoms. The Morgan fingerprint density at radius 2 is 2.06 bits per heavy atom. The number of halogens is 4. The maximum absolute atomic E-state index is 12.2. The average molecular weight is 249 g/mol. The van der Waals surface area contributed by atoms with E-state index in [-0.39, 0.29) is 0 Å². The van der Waals surface area contributed by atoms with Crippen molar-refractivity contribution in [2.24, 2.45) is 0 Å². The fourth-order valence-corrected chi connectivity index (χ4v) is 1.27. The van der Waals surface area contributed by atoms with Crippen LogP contribution in [-0.4, -0.2) is 13.6 Å². The van der Waals surface area contributed by atoms with Gasteiger partial charge in [0.15, 0.2) is 0 Å². The van der Waals surface area contributed by atoms with Gasteiger partial charge in [-0.25, -0.2) is 0 Å². The van der Waals surface area contributed by atoms with Crippen LogP contribution in [0, 0.1) is 6.92 Å². The minimum absolute atomic E-state index is 0.380. The molecule has 0 bridgehead atoms. The minimum atomic E-state index is -5.03. The number of rotatable bonds is 4. The first kappa shape index (κ1) is 13.0. The molecule has 0 aliphatic heterocycles. The molecule has 0 spiro atoms. The summed E-state index contributed by atoms with van der Waals surface area (Å²) < 4.78 is 41.6. The zero-order chi connectivity index (χ0) is 12.3. The van der Waals surface area contributed by atoms with E-state index in [0.717, 1.165) is 0 Å². The molecule has 0 atom stereocenters. The third-order valence-corrected chi connectivity index (χ3v) is 2.25. The molecule has 0 aliphatic rings. The Kier molecular flexibility index (Phi) is 3.91. The highest BCUT2D eigenvalue weighted by atomic mass is 35.5. The predicted octanol–water partition coefficient (Wildman–Crippen LogP) is 3.97. The Hall–Kier alpha value is -1.10. The zero-order valence-corrected chi connectivity index (χ0v) is 9.40. The first-order valence-corrected chi connectivity index (χ1v) is 4.95. The summed E-state index contributed by atoms with van der Waals surface area (Å²) in [6, 6.07) is 4.72. The van der Waals surface area contributed by atoms with Gasteiger partial charge in [0.2, 0.25) is 0 Å². The Labute approximate surface area is 96.9 Å². The molecule has 0 aromatic heterocycles. The van der Waals surface area contributed by atoms with Crippen LogP contribution in [-0.2, 0) is 0 Å². The quantitative estimate of drug-likeness (QED) is 0.734. The van der Waals surface area contributed by atoms with E-state index in [4.69, 9.17) is 16.3 Å². The number of ether oxygens (including phenoxy) is 1. The van der Waals surface area contributed by atoms with Crippen LogP contribution in [0.3, 0.4) is 0 Å². The smallest absolute Gasteiger partial charge is 0.492 e. The summed E-state index contributed by atoms with van der Waals surface area (Å²) >= 11 is 5.70. The topological polar surface area (TPSA) is 9.23 Å². The molecule has 0 unspecified atom stereocenters. The molecule has 1 aromatic rings.